The van der Waals surface area contributed by atoms with E-state index in [0.717, 1.165) is 5.56 Å². The maximum absolute atomic E-state index is 11.2. The van der Waals surface area contributed by atoms with Crippen molar-refractivity contribution in [2.45, 2.75) is 40.5 Å². The number of nitro groups is 1. The average Bonchev–Trinajstić information content (AvgIpc) is 2.43. The SMILES string of the molecule is CC(=O)C(Cc1ccc([N+](=O)[O-])cc1)C(C)=O.CC(=O)CC(C)=O. The molecule has 0 amide bonds. The number of carbonyl (C=O) groups excluding carboxylic acids is 4. The van der Waals surface area contributed by atoms with Crippen molar-refractivity contribution in [2.24, 2.45) is 5.92 Å². The molecule has 0 aliphatic heterocycles. The summed E-state index contributed by atoms with van der Waals surface area (Å²) in [6, 6.07) is 5.87. The lowest BCUT2D eigenvalue weighted by molar-refractivity contribution is -0.384. The van der Waals surface area contributed by atoms with Crippen molar-refractivity contribution < 1.29 is 24.1 Å². The summed E-state index contributed by atoms with van der Waals surface area (Å²) in [7, 11) is 0. The van der Waals surface area contributed by atoms with Crippen LogP contribution in [-0.2, 0) is 25.6 Å². The number of non-ortho nitro benzene ring substituents is 1. The van der Waals surface area contributed by atoms with Crippen LogP contribution in [0.25, 0.3) is 0 Å². The molecule has 7 heteroatoms. The molecule has 0 heterocycles. The summed E-state index contributed by atoms with van der Waals surface area (Å²) in [6.07, 6.45) is 0.378. The van der Waals surface area contributed by atoms with Crippen molar-refractivity contribution in [3.05, 3.63) is 39.9 Å². The fraction of sp³-hybridized carbons (Fsp3) is 0.412. The van der Waals surface area contributed by atoms with Gasteiger partial charge in [0.25, 0.3) is 5.69 Å². The van der Waals surface area contributed by atoms with Crippen LogP contribution in [-0.4, -0.2) is 28.1 Å². The Morgan fingerprint density at radius 1 is 0.917 bits per heavy atom. The molecule has 1 aromatic rings. The Hall–Kier alpha value is -2.70. The van der Waals surface area contributed by atoms with E-state index in [2.05, 4.69) is 0 Å². The van der Waals surface area contributed by atoms with Crippen LogP contribution < -0.4 is 0 Å². The van der Waals surface area contributed by atoms with Crippen molar-refractivity contribution in [1.29, 1.82) is 0 Å². The van der Waals surface area contributed by atoms with E-state index in [4.69, 9.17) is 0 Å². The van der Waals surface area contributed by atoms with Gasteiger partial charge in [-0.1, -0.05) is 12.1 Å². The number of rotatable bonds is 7. The van der Waals surface area contributed by atoms with E-state index in [9.17, 15) is 29.3 Å². The molecule has 0 N–H and O–H groups in total. The van der Waals surface area contributed by atoms with Gasteiger partial charge in [-0.15, -0.1) is 0 Å². The van der Waals surface area contributed by atoms with E-state index in [-0.39, 0.29) is 35.2 Å². The minimum absolute atomic E-state index is 0.00375. The van der Waals surface area contributed by atoms with Gasteiger partial charge in [-0.3, -0.25) is 29.3 Å². The maximum atomic E-state index is 11.2. The Morgan fingerprint density at radius 2 is 1.33 bits per heavy atom. The average molecular weight is 335 g/mol. The molecule has 7 nitrogen and oxygen atoms in total. The number of hydrogen-bond acceptors (Lipinski definition) is 6. The molecule has 0 fully saturated rings. The second-order valence-corrected chi connectivity index (χ2v) is 5.48. The first-order valence-corrected chi connectivity index (χ1v) is 7.27. The van der Waals surface area contributed by atoms with Gasteiger partial charge in [-0.05, 0) is 39.7 Å². The molecule has 0 bridgehead atoms. The Kier molecular flexibility index (Phi) is 9.00. The number of carbonyl (C=O) groups is 4. The van der Waals surface area contributed by atoms with E-state index < -0.39 is 10.8 Å². The standard InChI is InChI=1S/C12H13NO4.C5H8O2/c1-8(14)12(9(2)15)7-10-3-5-11(6-4-10)13(16)17;1-4(6)3-5(2)7/h3-6,12H,7H2,1-2H3;3H2,1-2H3. The normalized spacial score (nSPS) is 9.71. The largest absolute Gasteiger partial charge is 0.300 e. The number of nitro benzene ring substituents is 1. The van der Waals surface area contributed by atoms with Crippen LogP contribution in [0, 0.1) is 16.0 Å². The van der Waals surface area contributed by atoms with Gasteiger partial charge in [0.2, 0.25) is 0 Å². The minimum Gasteiger partial charge on any atom is -0.300 e. The second kappa shape index (κ2) is 10.1. The van der Waals surface area contributed by atoms with Gasteiger partial charge in [-0.2, -0.15) is 0 Å². The molecule has 0 unspecified atom stereocenters. The highest BCUT2D eigenvalue weighted by atomic mass is 16.6. The maximum Gasteiger partial charge on any atom is 0.269 e. The summed E-state index contributed by atoms with van der Waals surface area (Å²) in [4.78, 5) is 52.5. The van der Waals surface area contributed by atoms with Crippen molar-refractivity contribution >= 4 is 28.8 Å². The summed E-state index contributed by atoms with van der Waals surface area (Å²) in [6.45, 7) is 5.55. The summed E-state index contributed by atoms with van der Waals surface area (Å²) in [5.41, 5.74) is 0.738. The third-order valence-electron chi connectivity index (χ3n) is 3.07. The smallest absolute Gasteiger partial charge is 0.269 e. The molecule has 0 aliphatic carbocycles. The van der Waals surface area contributed by atoms with Gasteiger partial charge in [0, 0.05) is 12.1 Å². The molecule has 1 rings (SSSR count). The van der Waals surface area contributed by atoms with Crippen molar-refractivity contribution in [1.82, 2.24) is 0 Å². The Bertz CT molecular complexity index is 607. The van der Waals surface area contributed by atoms with Crippen LogP contribution in [0.5, 0.6) is 0 Å². The van der Waals surface area contributed by atoms with Crippen molar-refractivity contribution in [2.75, 3.05) is 0 Å². The number of ketones is 4. The number of nitrogens with zero attached hydrogens (tertiary/aromatic N) is 1. The molecule has 1 aromatic carbocycles. The number of Topliss-reactive ketones (excluding diaryl/α,β-unsaturated/α-hetero) is 4. The first-order chi connectivity index (χ1) is 11.0. The van der Waals surface area contributed by atoms with Gasteiger partial charge in [0.1, 0.15) is 23.1 Å². The highest BCUT2D eigenvalue weighted by molar-refractivity contribution is 6.00. The Labute approximate surface area is 140 Å². The van der Waals surface area contributed by atoms with Gasteiger partial charge >= 0.3 is 0 Å². The molecule has 0 radical (unpaired) electrons. The monoisotopic (exact) mass is 335 g/mol. The molecule has 0 saturated carbocycles. The molecule has 0 saturated heterocycles. The highest BCUT2D eigenvalue weighted by Crippen LogP contribution is 2.16. The molecule has 24 heavy (non-hydrogen) atoms. The van der Waals surface area contributed by atoms with Crippen molar-refractivity contribution in [3.63, 3.8) is 0 Å². The molecular weight excluding hydrogens is 314 g/mol. The predicted molar refractivity (Wildman–Crippen MR) is 87.6 cm³/mol. The lowest BCUT2D eigenvalue weighted by atomic mass is 9.93. The first kappa shape index (κ1) is 21.3. The van der Waals surface area contributed by atoms with E-state index >= 15 is 0 Å². The molecule has 0 atom stereocenters. The van der Waals surface area contributed by atoms with Crippen molar-refractivity contribution in [3.8, 4) is 0 Å². The Morgan fingerprint density at radius 3 is 1.58 bits per heavy atom. The van der Waals surface area contributed by atoms with Crippen LogP contribution in [0.15, 0.2) is 24.3 Å². The second-order valence-electron chi connectivity index (χ2n) is 5.48. The topological polar surface area (TPSA) is 111 Å². The summed E-state index contributed by atoms with van der Waals surface area (Å²) >= 11 is 0. The van der Waals surface area contributed by atoms with Crippen LogP contribution >= 0.6 is 0 Å². The van der Waals surface area contributed by atoms with Gasteiger partial charge < -0.3 is 0 Å². The highest BCUT2D eigenvalue weighted by Gasteiger charge is 2.20. The minimum atomic E-state index is -0.656. The lowest BCUT2D eigenvalue weighted by Gasteiger charge is -2.09. The zero-order valence-electron chi connectivity index (χ0n) is 14.2. The van der Waals surface area contributed by atoms with Crippen LogP contribution in [0.1, 0.15) is 39.7 Å². The number of hydrogen-bond donors (Lipinski definition) is 0. The molecular formula is C17H21NO6. The van der Waals surface area contributed by atoms with Gasteiger partial charge in [0.05, 0.1) is 17.3 Å². The van der Waals surface area contributed by atoms with Crippen LogP contribution in [0.4, 0.5) is 5.69 Å². The number of benzene rings is 1. The lowest BCUT2D eigenvalue weighted by Crippen LogP contribution is -2.21. The first-order valence-electron chi connectivity index (χ1n) is 7.27. The van der Waals surface area contributed by atoms with Crippen LogP contribution in [0.2, 0.25) is 0 Å². The van der Waals surface area contributed by atoms with E-state index in [1.54, 1.807) is 12.1 Å². The zero-order valence-corrected chi connectivity index (χ0v) is 14.2. The van der Waals surface area contributed by atoms with Crippen LogP contribution in [0.3, 0.4) is 0 Å². The molecule has 0 aliphatic rings. The summed E-state index contributed by atoms with van der Waals surface area (Å²) < 4.78 is 0. The fourth-order valence-electron chi connectivity index (χ4n) is 1.91. The Balaban J connectivity index is 0.000000640. The zero-order chi connectivity index (χ0) is 18.9. The molecule has 0 aromatic heterocycles. The summed E-state index contributed by atoms with van der Waals surface area (Å²) in [5.74, 6) is -1.15. The van der Waals surface area contributed by atoms with Gasteiger partial charge in [-0.25, -0.2) is 0 Å². The third kappa shape index (κ3) is 8.67. The van der Waals surface area contributed by atoms with E-state index in [1.807, 2.05) is 0 Å². The third-order valence-corrected chi connectivity index (χ3v) is 3.07. The van der Waals surface area contributed by atoms with E-state index in [1.165, 1.54) is 39.8 Å². The van der Waals surface area contributed by atoms with Gasteiger partial charge in [0.15, 0.2) is 0 Å². The summed E-state index contributed by atoms with van der Waals surface area (Å²) in [5, 5.41) is 10.4. The molecule has 0 spiro atoms. The fourth-order valence-corrected chi connectivity index (χ4v) is 1.91. The van der Waals surface area contributed by atoms with E-state index in [0.29, 0.717) is 6.42 Å². The predicted octanol–water partition coefficient (Wildman–Crippen LogP) is 2.49. The molecule has 130 valence electrons. The quantitative estimate of drug-likeness (QED) is 0.430.